The Morgan fingerprint density at radius 3 is 2.69 bits per heavy atom. The smallest absolute Gasteiger partial charge is 0.266 e. The van der Waals surface area contributed by atoms with Crippen LogP contribution >= 0.6 is 23.2 Å². The summed E-state index contributed by atoms with van der Waals surface area (Å²) in [6, 6.07) is 13.6. The summed E-state index contributed by atoms with van der Waals surface area (Å²) in [6.45, 7) is 7.12. The molecular weight excluding hydrogens is 497 g/mol. The molecule has 4 aromatic rings. The molecule has 10 heteroatoms. The van der Waals surface area contributed by atoms with Gasteiger partial charge in [-0.15, -0.1) is 0 Å². The van der Waals surface area contributed by atoms with Gasteiger partial charge in [0.25, 0.3) is 5.56 Å². The highest BCUT2D eigenvalue weighted by atomic mass is 35.5. The van der Waals surface area contributed by atoms with E-state index in [9.17, 15) is 10.1 Å². The quantitative estimate of drug-likeness (QED) is 0.399. The molecule has 2 N–H and O–H groups in total. The van der Waals surface area contributed by atoms with Crippen LogP contribution in [0.3, 0.4) is 0 Å². The number of aromatic nitrogens is 3. The van der Waals surface area contributed by atoms with Gasteiger partial charge in [0.2, 0.25) is 5.95 Å². The second kappa shape index (κ2) is 9.78. The Bertz CT molecular complexity index is 1560. The molecule has 0 bridgehead atoms. The number of halogens is 2. The summed E-state index contributed by atoms with van der Waals surface area (Å²) >= 11 is 12.6. The largest absolute Gasteiger partial charge is 0.368 e. The predicted octanol–water partition coefficient (Wildman–Crippen LogP) is 4.81. The van der Waals surface area contributed by atoms with Crippen molar-refractivity contribution in [3.05, 3.63) is 80.3 Å². The molecule has 0 radical (unpaired) electrons. The van der Waals surface area contributed by atoms with E-state index in [-0.39, 0.29) is 22.4 Å². The van der Waals surface area contributed by atoms with Gasteiger partial charge in [0, 0.05) is 49.4 Å². The van der Waals surface area contributed by atoms with Crippen LogP contribution in [0.15, 0.2) is 53.6 Å². The van der Waals surface area contributed by atoms with Crippen LogP contribution in [-0.2, 0) is 0 Å². The molecule has 0 spiro atoms. The summed E-state index contributed by atoms with van der Waals surface area (Å²) < 4.78 is 1.26. The molecule has 1 saturated heterocycles. The summed E-state index contributed by atoms with van der Waals surface area (Å²) in [5, 5.41) is 17.2. The number of anilines is 3. The summed E-state index contributed by atoms with van der Waals surface area (Å²) in [5.41, 5.74) is 3.48. The monoisotopic (exact) mass is 519 g/mol. The van der Waals surface area contributed by atoms with Crippen molar-refractivity contribution in [2.45, 2.75) is 19.9 Å². The Labute approximate surface area is 218 Å². The second-order valence-electron chi connectivity index (χ2n) is 8.78. The van der Waals surface area contributed by atoms with Crippen LogP contribution in [0.4, 0.5) is 17.3 Å². The number of fused-ring (bicyclic) bond motifs is 1. The highest BCUT2D eigenvalue weighted by molar-refractivity contribution is 6.37. The minimum atomic E-state index is -0.420. The fraction of sp³-hybridized carbons (Fsp3) is 0.231. The Balaban J connectivity index is 1.49. The van der Waals surface area contributed by atoms with Gasteiger partial charge in [0.1, 0.15) is 11.6 Å². The minimum Gasteiger partial charge on any atom is -0.368 e. The van der Waals surface area contributed by atoms with E-state index in [4.69, 9.17) is 23.2 Å². The van der Waals surface area contributed by atoms with Gasteiger partial charge in [-0.1, -0.05) is 29.3 Å². The molecule has 1 aliphatic heterocycles. The SMILES string of the molecule is Cc1cc(Nc2ncc3c(=O)n(-c4c(Cl)cccc4Cl)cc(C#N)c3n2)ccc1N1CCN[C@H](C)C1. The van der Waals surface area contributed by atoms with Crippen LogP contribution in [0, 0.1) is 18.3 Å². The lowest BCUT2D eigenvalue weighted by Gasteiger charge is -2.34. The van der Waals surface area contributed by atoms with Crippen molar-refractivity contribution in [1.82, 2.24) is 19.9 Å². The number of benzene rings is 2. The summed E-state index contributed by atoms with van der Waals surface area (Å²) in [5.74, 6) is 0.287. The molecule has 182 valence electrons. The maximum atomic E-state index is 13.3. The average molecular weight is 520 g/mol. The highest BCUT2D eigenvalue weighted by Gasteiger charge is 2.19. The average Bonchev–Trinajstić information content (AvgIpc) is 2.85. The second-order valence-corrected chi connectivity index (χ2v) is 9.60. The molecule has 0 amide bonds. The van der Waals surface area contributed by atoms with Gasteiger partial charge in [-0.05, 0) is 49.7 Å². The minimum absolute atomic E-state index is 0.190. The van der Waals surface area contributed by atoms with Gasteiger partial charge in [-0.3, -0.25) is 9.36 Å². The Hall–Kier alpha value is -3.64. The summed E-state index contributed by atoms with van der Waals surface area (Å²) in [6.07, 6.45) is 2.82. The first-order valence-corrected chi connectivity index (χ1v) is 12.2. The third kappa shape index (κ3) is 4.49. The number of aryl methyl sites for hydroxylation is 1. The van der Waals surface area contributed by atoms with Gasteiger partial charge >= 0.3 is 0 Å². The molecule has 8 nitrogen and oxygen atoms in total. The first-order chi connectivity index (χ1) is 17.4. The Morgan fingerprint density at radius 1 is 1.22 bits per heavy atom. The standard InChI is InChI=1S/C26H23Cl2N7O/c1-15-10-18(6-7-22(15)34-9-8-30-16(2)13-34)32-26-31-12-19-23(33-26)17(11-29)14-35(25(19)36)24-20(27)4-3-5-21(24)28/h3-7,10,12,14,16,30H,8-9,13H2,1-2H3,(H,31,32,33)/t16-/m1/s1. The highest BCUT2D eigenvalue weighted by Crippen LogP contribution is 2.29. The van der Waals surface area contributed by atoms with Crippen molar-refractivity contribution in [3.8, 4) is 11.8 Å². The molecular formula is C26H23Cl2N7O. The maximum absolute atomic E-state index is 13.3. The molecule has 2 aromatic heterocycles. The Morgan fingerprint density at radius 2 is 2.00 bits per heavy atom. The van der Waals surface area contributed by atoms with Crippen molar-refractivity contribution < 1.29 is 0 Å². The van der Waals surface area contributed by atoms with Crippen molar-refractivity contribution in [3.63, 3.8) is 0 Å². The van der Waals surface area contributed by atoms with Crippen LogP contribution in [0.2, 0.25) is 10.0 Å². The number of piperazine rings is 1. The molecule has 1 aliphatic rings. The van der Waals surface area contributed by atoms with E-state index in [1.165, 1.54) is 22.6 Å². The number of para-hydroxylation sites is 1. The van der Waals surface area contributed by atoms with Crippen LogP contribution in [0.5, 0.6) is 0 Å². The van der Waals surface area contributed by atoms with E-state index >= 15 is 0 Å². The maximum Gasteiger partial charge on any atom is 0.266 e. The Kier molecular flexibility index (Phi) is 6.54. The van der Waals surface area contributed by atoms with Crippen molar-refractivity contribution >= 4 is 51.4 Å². The number of nitrogens with one attached hydrogen (secondary N) is 2. The lowest BCUT2D eigenvalue weighted by molar-refractivity contribution is 0.484. The summed E-state index contributed by atoms with van der Waals surface area (Å²) in [4.78, 5) is 24.5. The number of hydrogen-bond donors (Lipinski definition) is 2. The molecule has 36 heavy (non-hydrogen) atoms. The zero-order chi connectivity index (χ0) is 25.4. The molecule has 0 aliphatic carbocycles. The van der Waals surface area contributed by atoms with Gasteiger partial charge < -0.3 is 15.5 Å². The fourth-order valence-electron chi connectivity index (χ4n) is 4.52. The summed E-state index contributed by atoms with van der Waals surface area (Å²) in [7, 11) is 0. The number of nitriles is 1. The van der Waals surface area contributed by atoms with E-state index in [0.29, 0.717) is 21.8 Å². The first kappa shape index (κ1) is 24.1. The molecule has 0 unspecified atom stereocenters. The number of hydrogen-bond acceptors (Lipinski definition) is 7. The molecule has 5 rings (SSSR count). The number of rotatable bonds is 4. The molecule has 3 heterocycles. The van der Waals surface area contributed by atoms with E-state index < -0.39 is 5.56 Å². The van der Waals surface area contributed by atoms with E-state index in [1.54, 1.807) is 18.2 Å². The lowest BCUT2D eigenvalue weighted by Crippen LogP contribution is -2.49. The first-order valence-electron chi connectivity index (χ1n) is 11.5. The van der Waals surface area contributed by atoms with Crippen LogP contribution < -0.4 is 21.1 Å². The number of pyridine rings is 1. The lowest BCUT2D eigenvalue weighted by atomic mass is 10.1. The van der Waals surface area contributed by atoms with Gasteiger partial charge in [0.15, 0.2) is 0 Å². The molecule has 0 saturated carbocycles. The van der Waals surface area contributed by atoms with Gasteiger partial charge in [0.05, 0.1) is 26.7 Å². The van der Waals surface area contributed by atoms with E-state index in [1.807, 2.05) is 12.1 Å². The van der Waals surface area contributed by atoms with Crippen molar-refractivity contribution in [2.75, 3.05) is 29.9 Å². The van der Waals surface area contributed by atoms with Gasteiger partial charge in [-0.25, -0.2) is 9.97 Å². The zero-order valence-electron chi connectivity index (χ0n) is 19.7. The zero-order valence-corrected chi connectivity index (χ0v) is 21.2. The topological polar surface area (TPSA) is 98.9 Å². The van der Waals surface area contributed by atoms with Gasteiger partial charge in [-0.2, -0.15) is 5.26 Å². The third-order valence-electron chi connectivity index (χ3n) is 6.21. The fourth-order valence-corrected chi connectivity index (χ4v) is 5.10. The van der Waals surface area contributed by atoms with Crippen LogP contribution in [0.1, 0.15) is 18.1 Å². The third-order valence-corrected chi connectivity index (χ3v) is 6.82. The van der Waals surface area contributed by atoms with E-state index in [0.717, 1.165) is 30.9 Å². The predicted molar refractivity (Wildman–Crippen MR) is 144 cm³/mol. The molecule has 1 atom stereocenters. The van der Waals surface area contributed by atoms with Crippen LogP contribution in [-0.4, -0.2) is 40.2 Å². The van der Waals surface area contributed by atoms with E-state index in [2.05, 4.69) is 51.5 Å². The number of nitrogens with zero attached hydrogens (tertiary/aromatic N) is 5. The van der Waals surface area contributed by atoms with Crippen molar-refractivity contribution in [1.29, 1.82) is 5.26 Å². The molecule has 1 fully saturated rings. The molecule has 2 aromatic carbocycles. The normalized spacial score (nSPS) is 15.6. The van der Waals surface area contributed by atoms with Crippen LogP contribution in [0.25, 0.3) is 16.6 Å². The van der Waals surface area contributed by atoms with Crippen molar-refractivity contribution in [2.24, 2.45) is 0 Å².